The van der Waals surface area contributed by atoms with Crippen LogP contribution in [0.5, 0.6) is 0 Å². The molecule has 1 amide bonds. The molecule has 2 aromatic carbocycles. The molecule has 2 aromatic rings. The van der Waals surface area contributed by atoms with Crippen molar-refractivity contribution in [2.75, 3.05) is 5.32 Å². The van der Waals surface area contributed by atoms with Gasteiger partial charge < -0.3 is 10.6 Å². The van der Waals surface area contributed by atoms with Crippen LogP contribution in [0.15, 0.2) is 53.0 Å². The lowest BCUT2D eigenvalue weighted by Crippen LogP contribution is -2.30. The van der Waals surface area contributed by atoms with Gasteiger partial charge in [0.2, 0.25) is 0 Å². The molecule has 1 atom stereocenters. The minimum absolute atomic E-state index is 0.0755. The first-order valence-corrected chi connectivity index (χ1v) is 8.01. The van der Waals surface area contributed by atoms with Crippen LogP contribution >= 0.6 is 15.9 Å². The van der Waals surface area contributed by atoms with Crippen molar-refractivity contribution < 1.29 is 18.0 Å². The minimum atomic E-state index is -4.90. The molecule has 0 aromatic heterocycles. The number of hydrogen-bond acceptors (Lipinski definition) is 2. The Kier molecular flexibility index (Phi) is 6.01. The van der Waals surface area contributed by atoms with Gasteiger partial charge in [0.1, 0.15) is 0 Å². The predicted octanol–water partition coefficient (Wildman–Crippen LogP) is 4.80. The van der Waals surface area contributed by atoms with Gasteiger partial charge in [0.25, 0.3) is 0 Å². The van der Waals surface area contributed by atoms with Gasteiger partial charge in [-0.1, -0.05) is 40.2 Å². The SMILES string of the molecule is CC(NCc1cccc(NC(=O)C(F)(F)F)c1)c1ccc(Br)cc1. The topological polar surface area (TPSA) is 41.1 Å². The maximum absolute atomic E-state index is 12.3. The largest absolute Gasteiger partial charge is 0.471 e. The van der Waals surface area contributed by atoms with Gasteiger partial charge in [-0.05, 0) is 42.3 Å². The average molecular weight is 401 g/mol. The fourth-order valence-corrected chi connectivity index (χ4v) is 2.37. The van der Waals surface area contributed by atoms with Crippen LogP contribution in [0.4, 0.5) is 18.9 Å². The normalized spacial score (nSPS) is 12.7. The van der Waals surface area contributed by atoms with Gasteiger partial charge in [-0.2, -0.15) is 13.2 Å². The first kappa shape index (κ1) is 18.5. The molecule has 0 aliphatic heterocycles. The Morgan fingerprint density at radius 2 is 1.83 bits per heavy atom. The molecule has 0 radical (unpaired) electrons. The highest BCUT2D eigenvalue weighted by molar-refractivity contribution is 9.10. The Hall–Kier alpha value is -1.86. The molecule has 0 bridgehead atoms. The fraction of sp³-hybridized carbons (Fsp3) is 0.235. The summed E-state index contributed by atoms with van der Waals surface area (Å²) >= 11 is 3.38. The number of anilines is 1. The van der Waals surface area contributed by atoms with E-state index in [9.17, 15) is 18.0 Å². The number of alkyl halides is 3. The number of rotatable bonds is 5. The third-order valence-electron chi connectivity index (χ3n) is 3.42. The third kappa shape index (κ3) is 5.35. The van der Waals surface area contributed by atoms with Crippen molar-refractivity contribution >= 4 is 27.5 Å². The molecule has 24 heavy (non-hydrogen) atoms. The summed E-state index contributed by atoms with van der Waals surface area (Å²) in [4.78, 5) is 11.0. The summed E-state index contributed by atoms with van der Waals surface area (Å²) in [5.74, 6) is -1.98. The van der Waals surface area contributed by atoms with Crippen LogP contribution in [0.1, 0.15) is 24.1 Å². The zero-order chi connectivity index (χ0) is 17.7. The second-order valence-electron chi connectivity index (χ2n) is 5.31. The second kappa shape index (κ2) is 7.81. The van der Waals surface area contributed by atoms with Crippen LogP contribution in [-0.2, 0) is 11.3 Å². The predicted molar refractivity (Wildman–Crippen MR) is 90.5 cm³/mol. The van der Waals surface area contributed by atoms with E-state index in [0.29, 0.717) is 6.54 Å². The number of hydrogen-bond donors (Lipinski definition) is 2. The van der Waals surface area contributed by atoms with Gasteiger partial charge in [-0.3, -0.25) is 4.79 Å². The van der Waals surface area contributed by atoms with Crippen molar-refractivity contribution in [2.45, 2.75) is 25.7 Å². The summed E-state index contributed by atoms with van der Waals surface area (Å²) in [6.07, 6.45) is -4.90. The van der Waals surface area contributed by atoms with Gasteiger partial charge in [-0.15, -0.1) is 0 Å². The standard InChI is InChI=1S/C17H16BrF3N2O/c1-11(13-5-7-14(18)8-6-13)22-10-12-3-2-4-15(9-12)23-16(24)17(19,20)21/h2-9,11,22H,10H2,1H3,(H,23,24). The zero-order valence-corrected chi connectivity index (χ0v) is 14.4. The van der Waals surface area contributed by atoms with Gasteiger partial charge in [0, 0.05) is 22.7 Å². The van der Waals surface area contributed by atoms with Crippen LogP contribution in [0.25, 0.3) is 0 Å². The number of carbonyl (C=O) groups excluding carboxylic acids is 1. The van der Waals surface area contributed by atoms with E-state index in [2.05, 4.69) is 21.2 Å². The van der Waals surface area contributed by atoms with Crippen molar-refractivity contribution in [3.05, 3.63) is 64.1 Å². The Labute approximate surface area is 146 Å². The smallest absolute Gasteiger partial charge is 0.318 e. The molecule has 0 aliphatic rings. The van der Waals surface area contributed by atoms with E-state index >= 15 is 0 Å². The van der Waals surface area contributed by atoms with E-state index in [1.54, 1.807) is 12.1 Å². The lowest BCUT2D eigenvalue weighted by Gasteiger charge is -2.15. The molecule has 1 unspecified atom stereocenters. The van der Waals surface area contributed by atoms with Gasteiger partial charge in [-0.25, -0.2) is 0 Å². The number of amides is 1. The highest BCUT2D eigenvalue weighted by Crippen LogP contribution is 2.20. The lowest BCUT2D eigenvalue weighted by atomic mass is 10.1. The highest BCUT2D eigenvalue weighted by atomic mass is 79.9. The molecular weight excluding hydrogens is 385 g/mol. The maximum Gasteiger partial charge on any atom is 0.471 e. The molecule has 0 fully saturated rings. The molecule has 0 spiro atoms. The molecule has 2 rings (SSSR count). The minimum Gasteiger partial charge on any atom is -0.318 e. The van der Waals surface area contributed by atoms with E-state index < -0.39 is 12.1 Å². The first-order valence-electron chi connectivity index (χ1n) is 7.21. The Morgan fingerprint density at radius 1 is 1.17 bits per heavy atom. The third-order valence-corrected chi connectivity index (χ3v) is 3.95. The van der Waals surface area contributed by atoms with Crippen LogP contribution in [-0.4, -0.2) is 12.1 Å². The van der Waals surface area contributed by atoms with E-state index in [-0.39, 0.29) is 11.7 Å². The highest BCUT2D eigenvalue weighted by Gasteiger charge is 2.38. The Bertz CT molecular complexity index is 702. The van der Waals surface area contributed by atoms with Gasteiger partial charge in [0.05, 0.1) is 0 Å². The van der Waals surface area contributed by atoms with Crippen molar-refractivity contribution in [1.82, 2.24) is 5.32 Å². The first-order chi connectivity index (χ1) is 11.3. The monoisotopic (exact) mass is 400 g/mol. The number of benzene rings is 2. The molecule has 0 heterocycles. The van der Waals surface area contributed by atoms with Crippen molar-refractivity contribution in [3.63, 3.8) is 0 Å². The van der Waals surface area contributed by atoms with Gasteiger partial charge >= 0.3 is 12.1 Å². The lowest BCUT2D eigenvalue weighted by molar-refractivity contribution is -0.167. The molecule has 0 aliphatic carbocycles. The molecule has 3 nitrogen and oxygen atoms in total. The van der Waals surface area contributed by atoms with E-state index in [4.69, 9.17) is 0 Å². The maximum atomic E-state index is 12.3. The van der Waals surface area contributed by atoms with Crippen molar-refractivity contribution in [1.29, 1.82) is 0 Å². The summed E-state index contributed by atoms with van der Waals surface area (Å²) in [5.41, 5.74) is 1.99. The molecule has 0 saturated heterocycles. The van der Waals surface area contributed by atoms with E-state index in [1.165, 1.54) is 12.1 Å². The fourth-order valence-electron chi connectivity index (χ4n) is 2.10. The van der Waals surface area contributed by atoms with Gasteiger partial charge in [0.15, 0.2) is 0 Å². The molecule has 0 saturated carbocycles. The molecular formula is C17H16BrF3N2O. The molecule has 2 N–H and O–H groups in total. The number of nitrogens with one attached hydrogen (secondary N) is 2. The molecule has 7 heteroatoms. The Balaban J connectivity index is 1.97. The van der Waals surface area contributed by atoms with Crippen molar-refractivity contribution in [2.24, 2.45) is 0 Å². The van der Waals surface area contributed by atoms with Crippen LogP contribution in [0, 0.1) is 0 Å². The summed E-state index contributed by atoms with van der Waals surface area (Å²) in [5, 5.41) is 5.15. The average Bonchev–Trinajstić information content (AvgIpc) is 2.53. The van der Waals surface area contributed by atoms with Crippen LogP contribution in [0.2, 0.25) is 0 Å². The zero-order valence-electron chi connectivity index (χ0n) is 12.8. The molecule has 128 valence electrons. The summed E-state index contributed by atoms with van der Waals surface area (Å²) < 4.78 is 37.8. The summed E-state index contributed by atoms with van der Waals surface area (Å²) in [6, 6.07) is 14.3. The van der Waals surface area contributed by atoms with Crippen molar-refractivity contribution in [3.8, 4) is 0 Å². The van der Waals surface area contributed by atoms with E-state index in [1.807, 2.05) is 36.5 Å². The summed E-state index contributed by atoms with van der Waals surface area (Å²) in [7, 11) is 0. The van der Waals surface area contributed by atoms with Crippen LogP contribution < -0.4 is 10.6 Å². The van der Waals surface area contributed by atoms with Crippen LogP contribution in [0.3, 0.4) is 0 Å². The second-order valence-corrected chi connectivity index (χ2v) is 6.22. The number of halogens is 4. The quantitative estimate of drug-likeness (QED) is 0.756. The van der Waals surface area contributed by atoms with E-state index in [0.717, 1.165) is 15.6 Å². The summed E-state index contributed by atoms with van der Waals surface area (Å²) in [6.45, 7) is 2.46. The Morgan fingerprint density at radius 3 is 2.46 bits per heavy atom. The number of carbonyl (C=O) groups is 1.